The van der Waals surface area contributed by atoms with E-state index in [1.807, 2.05) is 39.0 Å². The first-order valence-corrected chi connectivity index (χ1v) is 5.52. The minimum absolute atomic E-state index is 0. The average molecular weight is 235 g/mol. The van der Waals surface area contributed by atoms with Crippen molar-refractivity contribution in [2.24, 2.45) is 0 Å². The third kappa shape index (κ3) is 4.83. The van der Waals surface area contributed by atoms with Gasteiger partial charge in [0.2, 0.25) is 0 Å². The molecule has 0 spiro atoms. The Morgan fingerprint density at radius 3 is 2.29 bits per heavy atom. The zero-order valence-electron chi connectivity index (χ0n) is 10.8. The highest BCUT2D eigenvalue weighted by Gasteiger charge is 2.08. The number of benzene rings is 1. The van der Waals surface area contributed by atoms with Crippen LogP contribution in [0.5, 0.6) is 0 Å². The number of carbonyl (C=O) groups excluding carboxylic acids is 1. The second-order valence-electron chi connectivity index (χ2n) is 3.79. The molecule has 1 aromatic carbocycles. The van der Waals surface area contributed by atoms with E-state index in [0.717, 1.165) is 12.0 Å². The first-order chi connectivity index (χ1) is 7.65. The predicted molar refractivity (Wildman–Crippen MR) is 70.2 cm³/mol. The van der Waals surface area contributed by atoms with Crippen LogP contribution in [0.15, 0.2) is 41.5 Å². The fraction of sp³-hybridized carbons (Fsp3) is 0.357. The molecule has 3 nitrogen and oxygen atoms in total. The van der Waals surface area contributed by atoms with Crippen molar-refractivity contribution in [1.82, 2.24) is 6.15 Å². The third-order valence-corrected chi connectivity index (χ3v) is 2.53. The topological polar surface area (TPSA) is 61.3 Å². The molecular weight excluding hydrogens is 214 g/mol. The molecule has 17 heavy (non-hydrogen) atoms. The van der Waals surface area contributed by atoms with E-state index in [1.165, 1.54) is 5.56 Å². The molecule has 0 aromatic heterocycles. The summed E-state index contributed by atoms with van der Waals surface area (Å²) in [6.45, 7) is 6.03. The van der Waals surface area contributed by atoms with Crippen molar-refractivity contribution in [1.29, 1.82) is 0 Å². The largest absolute Gasteiger partial charge is 0.463 e. The molecule has 3 N–H and O–H groups in total. The Bertz CT molecular complexity index is 382. The number of carbonyl (C=O) groups is 1. The van der Waals surface area contributed by atoms with Crippen molar-refractivity contribution in [3.05, 3.63) is 47.0 Å². The highest BCUT2D eigenvalue weighted by molar-refractivity contribution is 5.88. The summed E-state index contributed by atoms with van der Waals surface area (Å²) in [5.74, 6) is -0.212. The Balaban J connectivity index is 0.00000256. The number of hydrogen-bond donors (Lipinski definition) is 1. The van der Waals surface area contributed by atoms with Crippen LogP contribution in [0.1, 0.15) is 26.3 Å². The van der Waals surface area contributed by atoms with E-state index in [9.17, 15) is 4.79 Å². The van der Waals surface area contributed by atoms with E-state index >= 15 is 0 Å². The molecule has 0 aliphatic heterocycles. The van der Waals surface area contributed by atoms with E-state index in [1.54, 1.807) is 0 Å². The lowest BCUT2D eigenvalue weighted by atomic mass is 10.0. The Hall–Kier alpha value is -1.61. The van der Waals surface area contributed by atoms with Crippen LogP contribution in [0, 0.1) is 0 Å². The normalized spacial score (nSPS) is 11.2. The summed E-state index contributed by atoms with van der Waals surface area (Å²) in [7, 11) is 0. The first kappa shape index (κ1) is 15.4. The summed E-state index contributed by atoms with van der Waals surface area (Å²) in [5, 5.41) is 0. The van der Waals surface area contributed by atoms with Gasteiger partial charge in [0.1, 0.15) is 0 Å². The minimum atomic E-state index is -0.212. The van der Waals surface area contributed by atoms with Gasteiger partial charge in [0.15, 0.2) is 0 Å². The van der Waals surface area contributed by atoms with Gasteiger partial charge >= 0.3 is 5.97 Å². The molecule has 0 fully saturated rings. The van der Waals surface area contributed by atoms with Gasteiger partial charge in [-0.2, -0.15) is 0 Å². The lowest BCUT2D eigenvalue weighted by Gasteiger charge is -2.07. The predicted octanol–water partition coefficient (Wildman–Crippen LogP) is 3.29. The first-order valence-electron chi connectivity index (χ1n) is 5.52. The van der Waals surface area contributed by atoms with Crippen molar-refractivity contribution in [2.45, 2.75) is 27.2 Å². The highest BCUT2D eigenvalue weighted by Crippen LogP contribution is 2.12. The van der Waals surface area contributed by atoms with Crippen LogP contribution in [-0.2, 0) is 16.0 Å². The third-order valence-electron chi connectivity index (χ3n) is 2.53. The molecule has 0 saturated carbocycles. The zero-order valence-corrected chi connectivity index (χ0v) is 10.8. The number of esters is 1. The van der Waals surface area contributed by atoms with Gasteiger partial charge in [-0.15, -0.1) is 0 Å². The van der Waals surface area contributed by atoms with E-state index in [-0.39, 0.29) is 12.1 Å². The number of allylic oxidation sites excluding steroid dienone is 1. The standard InChI is InChI=1S/C14H18O2.H3N/c1-4-16-14(15)12(3)11(2)10-13-8-6-5-7-9-13;/h5-9H,4,10H2,1-3H3;1H3. The van der Waals surface area contributed by atoms with Crippen molar-refractivity contribution >= 4 is 5.97 Å². The minimum Gasteiger partial charge on any atom is -0.463 e. The Kier molecular flexibility index (Phi) is 6.91. The van der Waals surface area contributed by atoms with Crippen molar-refractivity contribution in [2.75, 3.05) is 6.61 Å². The van der Waals surface area contributed by atoms with Gasteiger partial charge in [-0.25, -0.2) is 4.79 Å². The van der Waals surface area contributed by atoms with E-state index in [0.29, 0.717) is 12.2 Å². The second kappa shape index (κ2) is 7.63. The Morgan fingerprint density at radius 2 is 1.76 bits per heavy atom. The van der Waals surface area contributed by atoms with Gasteiger partial charge in [-0.3, -0.25) is 0 Å². The molecular formula is C14H21NO2. The summed E-state index contributed by atoms with van der Waals surface area (Å²) < 4.78 is 4.97. The van der Waals surface area contributed by atoms with Crippen molar-refractivity contribution < 1.29 is 9.53 Å². The molecule has 0 heterocycles. The molecule has 0 amide bonds. The molecule has 0 radical (unpaired) electrons. The smallest absolute Gasteiger partial charge is 0.333 e. The average Bonchev–Trinajstić information content (AvgIpc) is 2.29. The molecule has 0 atom stereocenters. The van der Waals surface area contributed by atoms with E-state index in [4.69, 9.17) is 4.74 Å². The quantitative estimate of drug-likeness (QED) is 0.643. The molecule has 94 valence electrons. The maximum Gasteiger partial charge on any atom is 0.333 e. The van der Waals surface area contributed by atoms with Crippen LogP contribution in [0.4, 0.5) is 0 Å². The van der Waals surface area contributed by atoms with E-state index < -0.39 is 0 Å². The maximum absolute atomic E-state index is 11.5. The highest BCUT2D eigenvalue weighted by atomic mass is 16.5. The number of rotatable bonds is 4. The molecule has 1 rings (SSSR count). The summed E-state index contributed by atoms with van der Waals surface area (Å²) >= 11 is 0. The monoisotopic (exact) mass is 235 g/mol. The van der Waals surface area contributed by atoms with Crippen LogP contribution >= 0.6 is 0 Å². The molecule has 0 saturated heterocycles. The second-order valence-corrected chi connectivity index (χ2v) is 3.79. The summed E-state index contributed by atoms with van der Waals surface area (Å²) in [5.41, 5.74) is 2.99. The molecule has 0 aliphatic carbocycles. The SMILES string of the molecule is CCOC(=O)C(C)=C(C)Cc1ccccc1.N. The molecule has 1 aromatic rings. The maximum atomic E-state index is 11.5. The molecule has 0 unspecified atom stereocenters. The van der Waals surface area contributed by atoms with Crippen molar-refractivity contribution in [3.8, 4) is 0 Å². The van der Waals surface area contributed by atoms with Crippen LogP contribution in [-0.4, -0.2) is 12.6 Å². The summed E-state index contributed by atoms with van der Waals surface area (Å²) in [6, 6.07) is 10.1. The molecule has 0 bridgehead atoms. The van der Waals surface area contributed by atoms with Gasteiger partial charge in [0.05, 0.1) is 6.61 Å². The lowest BCUT2D eigenvalue weighted by Crippen LogP contribution is -2.07. The fourth-order valence-corrected chi connectivity index (χ4v) is 1.45. The van der Waals surface area contributed by atoms with Gasteiger partial charge < -0.3 is 10.9 Å². The van der Waals surface area contributed by atoms with Crippen LogP contribution in [0.2, 0.25) is 0 Å². The van der Waals surface area contributed by atoms with Crippen LogP contribution in [0.3, 0.4) is 0 Å². The van der Waals surface area contributed by atoms with Crippen molar-refractivity contribution in [3.63, 3.8) is 0 Å². The Morgan fingerprint density at radius 1 is 1.18 bits per heavy atom. The summed E-state index contributed by atoms with van der Waals surface area (Å²) in [6.07, 6.45) is 0.797. The number of hydrogen-bond acceptors (Lipinski definition) is 3. The van der Waals surface area contributed by atoms with Gasteiger partial charge in [0, 0.05) is 5.57 Å². The zero-order chi connectivity index (χ0) is 12.0. The lowest BCUT2D eigenvalue weighted by molar-refractivity contribution is -0.138. The number of ether oxygens (including phenoxy) is 1. The molecule has 3 heteroatoms. The van der Waals surface area contributed by atoms with Gasteiger partial charge in [-0.1, -0.05) is 35.9 Å². The van der Waals surface area contributed by atoms with Crippen LogP contribution < -0.4 is 6.15 Å². The van der Waals surface area contributed by atoms with Gasteiger partial charge in [0.25, 0.3) is 0 Å². The van der Waals surface area contributed by atoms with E-state index in [2.05, 4.69) is 12.1 Å². The molecule has 0 aliphatic rings. The Labute approximate surface area is 103 Å². The fourth-order valence-electron chi connectivity index (χ4n) is 1.45. The summed E-state index contributed by atoms with van der Waals surface area (Å²) in [4.78, 5) is 11.5. The van der Waals surface area contributed by atoms with Gasteiger partial charge in [-0.05, 0) is 32.8 Å². The van der Waals surface area contributed by atoms with Crippen LogP contribution in [0.25, 0.3) is 0 Å².